The third kappa shape index (κ3) is 5.60. The van der Waals surface area contributed by atoms with Crippen molar-refractivity contribution in [2.24, 2.45) is 15.2 Å². The van der Waals surface area contributed by atoms with Gasteiger partial charge in [0.15, 0.2) is 0 Å². The van der Waals surface area contributed by atoms with E-state index in [2.05, 4.69) is 113 Å². The van der Waals surface area contributed by atoms with Crippen LogP contribution in [-0.4, -0.2) is 6.21 Å². The molecule has 0 unspecified atom stereocenters. The fraction of sp³-hybridized carbons (Fsp3) is 0. The number of aliphatic imine (C=N–C) groups is 1. The van der Waals surface area contributed by atoms with Crippen molar-refractivity contribution in [1.82, 2.24) is 0 Å². The van der Waals surface area contributed by atoms with Crippen LogP contribution in [0.1, 0.15) is 5.56 Å². The summed E-state index contributed by atoms with van der Waals surface area (Å²) >= 11 is 0. The lowest BCUT2D eigenvalue weighted by Gasteiger charge is -2.21. The maximum Gasteiger partial charge on any atom is 0.119 e. The molecule has 6 rings (SSSR count). The van der Waals surface area contributed by atoms with E-state index >= 15 is 0 Å². The van der Waals surface area contributed by atoms with Gasteiger partial charge in [0.2, 0.25) is 0 Å². The summed E-state index contributed by atoms with van der Waals surface area (Å²) in [5.74, 6) is 0. The van der Waals surface area contributed by atoms with Gasteiger partial charge in [-0.05, 0) is 47.4 Å². The number of azo groups is 1. The average Bonchev–Trinajstić information content (AvgIpc) is 3.01. The molecule has 0 radical (unpaired) electrons. The van der Waals surface area contributed by atoms with Crippen LogP contribution in [-0.2, 0) is 0 Å². The number of fused-ring (bicyclic) bond motifs is 1. The highest BCUT2D eigenvalue weighted by Gasteiger charge is 2.18. The van der Waals surface area contributed by atoms with Crippen LogP contribution in [0.2, 0.25) is 0 Å². The zero-order chi connectivity index (χ0) is 26.3. The first kappa shape index (κ1) is 24.6. The first-order valence-electron chi connectivity index (χ1n) is 12.9. The molecule has 0 atom stereocenters. The summed E-state index contributed by atoms with van der Waals surface area (Å²) in [5, 5.41) is 15.2. The lowest BCUT2D eigenvalue weighted by molar-refractivity contribution is 1.24. The minimum Gasteiger partial charge on any atom is -0.254 e. The van der Waals surface area contributed by atoms with Gasteiger partial charge in [0.1, 0.15) is 5.69 Å². The molecular formula is C35H26N3P. The molecule has 0 N–H and O–H groups in total. The molecule has 0 aromatic heterocycles. The van der Waals surface area contributed by atoms with Crippen molar-refractivity contribution >= 4 is 57.9 Å². The summed E-state index contributed by atoms with van der Waals surface area (Å²) < 4.78 is 0. The molecule has 0 saturated carbocycles. The molecule has 4 heteroatoms. The van der Waals surface area contributed by atoms with Crippen LogP contribution in [0.3, 0.4) is 0 Å². The van der Waals surface area contributed by atoms with Gasteiger partial charge < -0.3 is 0 Å². The first-order chi connectivity index (χ1) is 19.4. The van der Waals surface area contributed by atoms with Crippen LogP contribution >= 0.6 is 7.92 Å². The molecule has 0 aliphatic heterocycles. The quantitative estimate of drug-likeness (QED) is 0.115. The molecule has 0 saturated heterocycles. The lowest BCUT2D eigenvalue weighted by atomic mass is 10.1. The van der Waals surface area contributed by atoms with E-state index in [0.29, 0.717) is 0 Å². The Bertz CT molecular complexity index is 1710. The molecule has 6 aromatic rings. The van der Waals surface area contributed by atoms with Crippen molar-refractivity contribution < 1.29 is 0 Å². The topological polar surface area (TPSA) is 37.1 Å². The van der Waals surface area contributed by atoms with E-state index in [-0.39, 0.29) is 0 Å². The molecule has 0 fully saturated rings. The summed E-state index contributed by atoms with van der Waals surface area (Å²) in [6.45, 7) is 0. The highest BCUT2D eigenvalue weighted by Crippen LogP contribution is 2.38. The van der Waals surface area contributed by atoms with E-state index in [1.807, 2.05) is 54.7 Å². The predicted octanol–water partition coefficient (Wildman–Crippen LogP) is 8.76. The van der Waals surface area contributed by atoms with Gasteiger partial charge in [-0.2, -0.15) is 5.11 Å². The van der Waals surface area contributed by atoms with E-state index in [1.54, 1.807) is 0 Å². The molecule has 0 aliphatic rings. The predicted molar refractivity (Wildman–Crippen MR) is 167 cm³/mol. The summed E-state index contributed by atoms with van der Waals surface area (Å²) in [5.41, 5.74) is 3.45. The van der Waals surface area contributed by atoms with Crippen molar-refractivity contribution in [3.63, 3.8) is 0 Å². The number of rotatable bonds is 7. The minimum atomic E-state index is -0.753. The van der Waals surface area contributed by atoms with Gasteiger partial charge in [-0.25, -0.2) is 0 Å². The molecule has 0 spiro atoms. The van der Waals surface area contributed by atoms with Gasteiger partial charge in [-0.3, -0.25) is 4.99 Å². The maximum absolute atomic E-state index is 5.00. The normalized spacial score (nSPS) is 11.6. The van der Waals surface area contributed by atoms with E-state index in [4.69, 9.17) is 4.99 Å². The summed E-state index contributed by atoms with van der Waals surface area (Å²) in [6.07, 6.45) is 1.97. The van der Waals surface area contributed by atoms with E-state index in [0.717, 1.165) is 33.4 Å². The highest BCUT2D eigenvalue weighted by atomic mass is 31.1. The Morgan fingerprint density at radius 2 is 1.08 bits per heavy atom. The van der Waals surface area contributed by atoms with Gasteiger partial charge >= 0.3 is 0 Å². The Labute approximate surface area is 230 Å². The standard InChI is InChI=1S/C35H26N3P/c1-4-16-29(17-5-1)37-38-35-32-22-12-10-14-27(32)24-25-33(35)36-26-28-15-11-13-23-34(28)39(30-18-6-2-7-19-30)31-20-8-3-9-21-31/h1-26H. The third-order valence-electron chi connectivity index (χ3n) is 6.45. The van der Waals surface area contributed by atoms with Crippen molar-refractivity contribution in [3.8, 4) is 0 Å². The Morgan fingerprint density at radius 3 is 1.79 bits per heavy atom. The maximum atomic E-state index is 5.00. The SMILES string of the molecule is C(=Nc1ccc2ccccc2c1N=Nc1ccccc1)c1ccccc1P(c1ccccc1)c1ccccc1. The molecule has 39 heavy (non-hydrogen) atoms. The van der Waals surface area contributed by atoms with Crippen molar-refractivity contribution in [3.05, 3.63) is 157 Å². The van der Waals surface area contributed by atoms with Gasteiger partial charge in [-0.1, -0.05) is 133 Å². The average molecular weight is 520 g/mol. The van der Waals surface area contributed by atoms with E-state index in [9.17, 15) is 0 Å². The monoisotopic (exact) mass is 519 g/mol. The van der Waals surface area contributed by atoms with E-state index in [1.165, 1.54) is 15.9 Å². The summed E-state index contributed by atoms with van der Waals surface area (Å²) in [7, 11) is -0.753. The molecular weight excluding hydrogens is 493 g/mol. The van der Waals surface area contributed by atoms with Crippen LogP contribution in [0, 0.1) is 0 Å². The molecule has 0 aliphatic carbocycles. The molecule has 6 aromatic carbocycles. The second kappa shape index (κ2) is 11.8. The van der Waals surface area contributed by atoms with Crippen LogP contribution in [0.25, 0.3) is 10.8 Å². The summed E-state index contributed by atoms with van der Waals surface area (Å²) in [6, 6.07) is 52.2. The Balaban J connectivity index is 1.45. The first-order valence-corrected chi connectivity index (χ1v) is 14.2. The molecule has 0 heterocycles. The van der Waals surface area contributed by atoms with Crippen molar-refractivity contribution in [2.75, 3.05) is 0 Å². The second-order valence-electron chi connectivity index (χ2n) is 9.01. The third-order valence-corrected chi connectivity index (χ3v) is 8.97. The molecule has 3 nitrogen and oxygen atoms in total. The number of benzene rings is 6. The fourth-order valence-electron chi connectivity index (χ4n) is 4.58. The van der Waals surface area contributed by atoms with Crippen molar-refractivity contribution in [2.45, 2.75) is 0 Å². The Morgan fingerprint density at radius 1 is 0.487 bits per heavy atom. The van der Waals surface area contributed by atoms with Gasteiger partial charge in [0.25, 0.3) is 0 Å². The van der Waals surface area contributed by atoms with Gasteiger partial charge in [0.05, 0.1) is 11.4 Å². The van der Waals surface area contributed by atoms with Crippen LogP contribution in [0.15, 0.2) is 167 Å². The number of nitrogens with zero attached hydrogens (tertiary/aromatic N) is 3. The highest BCUT2D eigenvalue weighted by molar-refractivity contribution is 7.80. The Kier molecular flexibility index (Phi) is 7.43. The van der Waals surface area contributed by atoms with Crippen LogP contribution < -0.4 is 15.9 Å². The minimum absolute atomic E-state index is 0.753. The molecule has 186 valence electrons. The molecule has 0 amide bonds. The number of hydrogen-bond donors (Lipinski definition) is 0. The fourth-order valence-corrected chi connectivity index (χ4v) is 7.00. The smallest absolute Gasteiger partial charge is 0.119 e. The van der Waals surface area contributed by atoms with Gasteiger partial charge in [0, 0.05) is 17.2 Å². The largest absolute Gasteiger partial charge is 0.254 e. The zero-order valence-corrected chi connectivity index (χ0v) is 22.2. The summed E-state index contributed by atoms with van der Waals surface area (Å²) in [4.78, 5) is 5.00. The van der Waals surface area contributed by atoms with Gasteiger partial charge in [-0.15, -0.1) is 5.11 Å². The molecule has 0 bridgehead atoms. The lowest BCUT2D eigenvalue weighted by Crippen LogP contribution is -2.23. The van der Waals surface area contributed by atoms with E-state index < -0.39 is 7.92 Å². The van der Waals surface area contributed by atoms with Crippen molar-refractivity contribution in [1.29, 1.82) is 0 Å². The number of hydrogen-bond acceptors (Lipinski definition) is 3. The zero-order valence-electron chi connectivity index (χ0n) is 21.3. The van der Waals surface area contributed by atoms with Crippen LogP contribution in [0.4, 0.5) is 17.1 Å². The van der Waals surface area contributed by atoms with Crippen LogP contribution in [0.5, 0.6) is 0 Å². The second-order valence-corrected chi connectivity index (χ2v) is 11.2. The Hall–Kier alpha value is -4.72.